The molecule has 2 atom stereocenters. The predicted octanol–water partition coefficient (Wildman–Crippen LogP) is -0.390. The molecule has 2 unspecified atom stereocenters. The lowest BCUT2D eigenvalue weighted by Crippen LogP contribution is -2.44. The monoisotopic (exact) mass is 330 g/mol. The van der Waals surface area contributed by atoms with Crippen LogP contribution >= 0.6 is 0 Å². The van der Waals surface area contributed by atoms with Crippen LogP contribution in [-0.4, -0.2) is 50.1 Å². The van der Waals surface area contributed by atoms with E-state index in [9.17, 15) is 9.59 Å². The Kier molecular flexibility index (Phi) is 3.85. The van der Waals surface area contributed by atoms with Crippen molar-refractivity contribution in [2.75, 3.05) is 13.2 Å². The summed E-state index contributed by atoms with van der Waals surface area (Å²) in [5, 5.41) is 13.6. The molecule has 1 amide bonds. The Hall–Kier alpha value is -2.55. The van der Waals surface area contributed by atoms with Crippen LogP contribution in [0.4, 0.5) is 0 Å². The summed E-state index contributed by atoms with van der Waals surface area (Å²) in [6.07, 6.45) is 5.25. The van der Waals surface area contributed by atoms with E-state index in [1.165, 1.54) is 11.0 Å². The molecule has 3 heterocycles. The number of fused-ring (bicyclic) bond motifs is 1. The summed E-state index contributed by atoms with van der Waals surface area (Å²) in [5.74, 6) is -0.245. The standard InChI is InChI=1S/C15H18N6O3/c22-13-5-9-3-1-2-4-10(9)20-21(13)12-7-24-6-11(12)18-15(23)14-16-8-17-19-14/h5,8,11-12H,1-4,6-7H2,(H,18,23)(H,16,17,19). The van der Waals surface area contributed by atoms with Crippen LogP contribution in [0.2, 0.25) is 0 Å². The van der Waals surface area contributed by atoms with Gasteiger partial charge in [-0.2, -0.15) is 10.2 Å². The van der Waals surface area contributed by atoms with Crippen LogP contribution in [0.15, 0.2) is 17.2 Å². The normalized spacial score (nSPS) is 23.0. The Bertz CT molecular complexity index is 800. The fourth-order valence-electron chi connectivity index (χ4n) is 3.29. The molecule has 1 saturated heterocycles. The minimum absolute atomic E-state index is 0.131. The Labute approximate surface area is 137 Å². The van der Waals surface area contributed by atoms with E-state index in [-0.39, 0.29) is 29.4 Å². The molecule has 24 heavy (non-hydrogen) atoms. The van der Waals surface area contributed by atoms with Gasteiger partial charge in [-0.1, -0.05) is 0 Å². The second-order valence-electron chi connectivity index (χ2n) is 6.13. The number of carbonyl (C=O) groups is 1. The van der Waals surface area contributed by atoms with Crippen LogP contribution in [-0.2, 0) is 17.6 Å². The molecule has 0 radical (unpaired) electrons. The minimum atomic E-state index is -0.376. The van der Waals surface area contributed by atoms with Crippen LogP contribution in [0.1, 0.15) is 40.8 Å². The SMILES string of the molecule is O=C(NC1COCC1n1nc2c(cc1=O)CCCC2)c1ncn[nH]1. The molecule has 126 valence electrons. The number of H-pyrrole nitrogens is 1. The molecule has 0 spiro atoms. The lowest BCUT2D eigenvalue weighted by molar-refractivity contribution is 0.0914. The lowest BCUT2D eigenvalue weighted by atomic mass is 9.97. The van der Waals surface area contributed by atoms with Gasteiger partial charge >= 0.3 is 0 Å². The van der Waals surface area contributed by atoms with E-state index in [2.05, 4.69) is 25.6 Å². The summed E-state index contributed by atoms with van der Waals surface area (Å²) >= 11 is 0. The molecule has 1 aliphatic heterocycles. The van der Waals surface area contributed by atoms with Crippen molar-refractivity contribution in [3.8, 4) is 0 Å². The summed E-state index contributed by atoms with van der Waals surface area (Å²) in [7, 11) is 0. The molecule has 2 aromatic heterocycles. The number of amides is 1. The molecule has 2 aromatic rings. The van der Waals surface area contributed by atoms with E-state index < -0.39 is 0 Å². The number of aromatic amines is 1. The summed E-state index contributed by atoms with van der Waals surface area (Å²) in [6.45, 7) is 0.669. The Morgan fingerprint density at radius 2 is 2.21 bits per heavy atom. The van der Waals surface area contributed by atoms with E-state index >= 15 is 0 Å². The molecule has 0 aromatic carbocycles. The van der Waals surface area contributed by atoms with Gasteiger partial charge in [0.2, 0.25) is 5.82 Å². The number of rotatable bonds is 3. The number of aromatic nitrogens is 5. The smallest absolute Gasteiger partial charge is 0.288 e. The topological polar surface area (TPSA) is 115 Å². The van der Waals surface area contributed by atoms with E-state index in [0.717, 1.165) is 36.9 Å². The van der Waals surface area contributed by atoms with Gasteiger partial charge in [0.1, 0.15) is 12.4 Å². The van der Waals surface area contributed by atoms with Crippen molar-refractivity contribution in [1.82, 2.24) is 30.3 Å². The average molecular weight is 330 g/mol. The number of hydrogen-bond donors (Lipinski definition) is 2. The van der Waals surface area contributed by atoms with E-state index in [1.807, 2.05) is 0 Å². The Balaban J connectivity index is 1.58. The van der Waals surface area contributed by atoms with Crippen LogP contribution in [0.3, 0.4) is 0 Å². The second kappa shape index (κ2) is 6.16. The molecule has 1 fully saturated rings. The molecular weight excluding hydrogens is 312 g/mol. The highest BCUT2D eigenvalue weighted by molar-refractivity contribution is 5.90. The summed E-state index contributed by atoms with van der Waals surface area (Å²) in [6, 6.07) is 1.01. The van der Waals surface area contributed by atoms with E-state index in [0.29, 0.717) is 13.2 Å². The maximum absolute atomic E-state index is 12.4. The predicted molar refractivity (Wildman–Crippen MR) is 82.6 cm³/mol. The molecule has 0 saturated carbocycles. The molecule has 9 nitrogen and oxygen atoms in total. The molecule has 9 heteroatoms. The first-order valence-electron chi connectivity index (χ1n) is 8.08. The van der Waals surface area contributed by atoms with Crippen LogP contribution in [0, 0.1) is 0 Å². The minimum Gasteiger partial charge on any atom is -0.377 e. The molecule has 1 aliphatic carbocycles. The first kappa shape index (κ1) is 15.0. The van der Waals surface area contributed by atoms with Gasteiger partial charge in [0.15, 0.2) is 0 Å². The third-order valence-electron chi connectivity index (χ3n) is 4.54. The largest absolute Gasteiger partial charge is 0.377 e. The van der Waals surface area contributed by atoms with Gasteiger partial charge < -0.3 is 10.1 Å². The number of hydrogen-bond acceptors (Lipinski definition) is 6. The van der Waals surface area contributed by atoms with Gasteiger partial charge in [0.05, 0.1) is 24.9 Å². The molecule has 2 N–H and O–H groups in total. The van der Waals surface area contributed by atoms with E-state index in [1.54, 1.807) is 6.07 Å². The van der Waals surface area contributed by atoms with Crippen molar-refractivity contribution in [2.45, 2.75) is 37.8 Å². The second-order valence-corrected chi connectivity index (χ2v) is 6.13. The number of nitrogens with one attached hydrogen (secondary N) is 2. The first-order chi connectivity index (χ1) is 11.7. The van der Waals surface area contributed by atoms with Crippen molar-refractivity contribution < 1.29 is 9.53 Å². The third kappa shape index (κ3) is 2.71. The number of nitrogens with zero attached hydrogens (tertiary/aromatic N) is 4. The van der Waals surface area contributed by atoms with Gasteiger partial charge in [-0.15, -0.1) is 0 Å². The van der Waals surface area contributed by atoms with Crippen molar-refractivity contribution in [3.05, 3.63) is 39.8 Å². The summed E-state index contributed by atoms with van der Waals surface area (Å²) < 4.78 is 6.94. The highest BCUT2D eigenvalue weighted by Gasteiger charge is 2.33. The highest BCUT2D eigenvalue weighted by atomic mass is 16.5. The number of carbonyl (C=O) groups excluding carboxylic acids is 1. The zero-order valence-electron chi connectivity index (χ0n) is 13.1. The van der Waals surface area contributed by atoms with Crippen molar-refractivity contribution in [2.24, 2.45) is 0 Å². The van der Waals surface area contributed by atoms with Crippen LogP contribution < -0.4 is 10.9 Å². The quantitative estimate of drug-likeness (QED) is 0.792. The summed E-state index contributed by atoms with van der Waals surface area (Å²) in [4.78, 5) is 28.4. The van der Waals surface area contributed by atoms with Gasteiger partial charge in [-0.25, -0.2) is 9.67 Å². The van der Waals surface area contributed by atoms with Crippen molar-refractivity contribution in [1.29, 1.82) is 0 Å². The van der Waals surface area contributed by atoms with Crippen LogP contribution in [0.25, 0.3) is 0 Å². The molecular formula is C15H18N6O3. The zero-order chi connectivity index (χ0) is 16.5. The zero-order valence-corrected chi connectivity index (χ0v) is 13.1. The first-order valence-corrected chi connectivity index (χ1v) is 8.08. The highest BCUT2D eigenvalue weighted by Crippen LogP contribution is 2.21. The van der Waals surface area contributed by atoms with Crippen molar-refractivity contribution in [3.63, 3.8) is 0 Å². The van der Waals surface area contributed by atoms with Gasteiger partial charge in [0, 0.05) is 6.07 Å². The fraction of sp³-hybridized carbons (Fsp3) is 0.533. The van der Waals surface area contributed by atoms with Gasteiger partial charge in [-0.05, 0) is 31.2 Å². The van der Waals surface area contributed by atoms with Gasteiger partial charge in [-0.3, -0.25) is 14.7 Å². The Morgan fingerprint density at radius 3 is 3.04 bits per heavy atom. The fourth-order valence-corrected chi connectivity index (χ4v) is 3.29. The van der Waals surface area contributed by atoms with Crippen LogP contribution in [0.5, 0.6) is 0 Å². The van der Waals surface area contributed by atoms with Gasteiger partial charge in [0.25, 0.3) is 11.5 Å². The van der Waals surface area contributed by atoms with E-state index in [4.69, 9.17) is 4.74 Å². The maximum atomic E-state index is 12.4. The third-order valence-corrected chi connectivity index (χ3v) is 4.54. The average Bonchev–Trinajstić information content (AvgIpc) is 3.26. The molecule has 4 rings (SSSR count). The number of aryl methyl sites for hydroxylation is 2. The molecule has 0 bridgehead atoms. The summed E-state index contributed by atoms with van der Waals surface area (Å²) in [5.41, 5.74) is 1.88. The molecule has 2 aliphatic rings. The lowest BCUT2D eigenvalue weighted by Gasteiger charge is -2.22. The Morgan fingerprint density at radius 1 is 1.33 bits per heavy atom. The van der Waals surface area contributed by atoms with Crippen molar-refractivity contribution >= 4 is 5.91 Å². The number of ether oxygens (including phenoxy) is 1. The maximum Gasteiger partial charge on any atom is 0.288 e.